The van der Waals surface area contributed by atoms with Gasteiger partial charge in [0, 0.05) is 12.8 Å². The van der Waals surface area contributed by atoms with Crippen LogP contribution in [-0.4, -0.2) is 69.4 Å². The van der Waals surface area contributed by atoms with Gasteiger partial charge in [-0.3, -0.25) is 14.2 Å². The number of carbonyl (C=O) groups is 2. The fraction of sp³-hybridized carbons (Fsp3) is 0.806. The highest BCUT2D eigenvalue weighted by Gasteiger charge is 2.27. The van der Waals surface area contributed by atoms with E-state index < -0.39 is 26.6 Å². The smallest absolute Gasteiger partial charge is 0.306 e. The molecule has 0 aromatic heterocycles. The summed E-state index contributed by atoms with van der Waals surface area (Å²) < 4.78 is 30.4. The first-order valence-corrected chi connectivity index (χ1v) is 36.2. The maximum atomic E-state index is 13.6. The summed E-state index contributed by atoms with van der Waals surface area (Å²) in [5.41, 5.74) is 0. The van der Waals surface area contributed by atoms with Crippen molar-refractivity contribution >= 4 is 19.7 Å². The van der Waals surface area contributed by atoms with Gasteiger partial charge < -0.3 is 28.5 Å². The van der Waals surface area contributed by atoms with Crippen molar-refractivity contribution in [3.05, 3.63) is 72.9 Å². The number of rotatable bonds is 63. The number of likely N-dealkylation sites (N-methyl/N-ethyl adjacent to an activating group) is 1. The minimum Gasteiger partial charge on any atom is -0.756 e. The van der Waals surface area contributed by atoms with E-state index in [9.17, 15) is 19.0 Å². The summed E-state index contributed by atoms with van der Waals surface area (Å²) in [5, 5.41) is 3.04. The molecule has 0 saturated carbocycles. The first-order valence-electron chi connectivity index (χ1n) is 34.7. The molecule has 0 bridgehead atoms. The maximum absolute atomic E-state index is 13.6. The molecule has 0 radical (unpaired) electrons. The second-order valence-corrected chi connectivity index (χ2v) is 26.1. The SMILES string of the molecule is CCCCC/C=C\C/C=C\C/C=C\CCCCCCC(=O)OC(/C=C\CCCCCCCCCCCC)C(COP(=O)([O-])OCC[N+](C)(C)C)NC(=O)CCCCCCCCCCCCCCCCCCC/C=C\C/C=C\CCCCC. The highest BCUT2D eigenvalue weighted by molar-refractivity contribution is 7.45. The lowest BCUT2D eigenvalue weighted by molar-refractivity contribution is -0.870. The minimum absolute atomic E-state index is 0.0269. The average Bonchev–Trinajstić information content (AvgIpc) is 3.44. The van der Waals surface area contributed by atoms with Crippen molar-refractivity contribution in [1.29, 1.82) is 0 Å². The van der Waals surface area contributed by atoms with Gasteiger partial charge in [-0.2, -0.15) is 0 Å². The van der Waals surface area contributed by atoms with E-state index in [0.29, 0.717) is 23.9 Å². The summed E-state index contributed by atoms with van der Waals surface area (Å²) in [5.74, 6) is -0.558. The molecule has 0 rings (SSSR count). The molecule has 82 heavy (non-hydrogen) atoms. The standard InChI is InChI=1S/C72H133N2O7P/c1-7-10-13-16-19-22-25-28-30-32-33-34-35-36-37-38-39-40-41-43-44-46-49-52-55-58-61-64-71(75)73-69(68-80-82(77,78)79-67-66-74(4,5)6)70(63-60-57-54-51-48-27-24-21-18-15-12-9-3)81-72(76)65-62-59-56-53-50-47-45-42-31-29-26-23-20-17-14-11-8-2/h19-20,22-23,28-31,45,47,60,63,69-70H,7-18,21,24-27,32-44,46,48-59,61-62,64-68H2,1-6H3,(H-,73,75,77,78)/b22-19-,23-20-,30-28-,31-29-,47-45-,63-60-. The van der Waals surface area contributed by atoms with Crippen molar-refractivity contribution in [2.45, 2.75) is 335 Å². The van der Waals surface area contributed by atoms with E-state index in [2.05, 4.69) is 86.8 Å². The Balaban J connectivity index is 5.04. The highest BCUT2D eigenvalue weighted by Crippen LogP contribution is 2.38. The fourth-order valence-corrected chi connectivity index (χ4v) is 10.7. The molecule has 478 valence electrons. The number of hydrogen-bond donors (Lipinski definition) is 1. The van der Waals surface area contributed by atoms with Crippen molar-refractivity contribution in [2.75, 3.05) is 40.9 Å². The number of unbranched alkanes of at least 4 members (excludes halogenated alkanes) is 37. The molecule has 0 aliphatic carbocycles. The number of nitrogens with zero attached hydrogens (tertiary/aromatic N) is 1. The van der Waals surface area contributed by atoms with Crippen LogP contribution in [-0.2, 0) is 27.9 Å². The molecule has 1 N–H and O–H groups in total. The molecular formula is C72H133N2O7P. The number of hydrogen-bond acceptors (Lipinski definition) is 7. The largest absolute Gasteiger partial charge is 0.756 e. The summed E-state index contributed by atoms with van der Waals surface area (Å²) in [7, 11) is 1.18. The Morgan fingerprint density at radius 1 is 0.427 bits per heavy atom. The van der Waals surface area contributed by atoms with Gasteiger partial charge in [0.05, 0.1) is 33.8 Å². The number of ether oxygens (including phenoxy) is 1. The van der Waals surface area contributed by atoms with E-state index in [1.807, 2.05) is 33.3 Å². The third-order valence-corrected chi connectivity index (χ3v) is 16.3. The Morgan fingerprint density at radius 2 is 0.744 bits per heavy atom. The Morgan fingerprint density at radius 3 is 1.13 bits per heavy atom. The van der Waals surface area contributed by atoms with Gasteiger partial charge in [-0.05, 0) is 102 Å². The Hall–Kier alpha value is -2.55. The second kappa shape index (κ2) is 61.5. The van der Waals surface area contributed by atoms with Crippen LogP contribution in [0.25, 0.3) is 0 Å². The summed E-state index contributed by atoms with van der Waals surface area (Å²) in [6, 6.07) is -0.899. The molecule has 0 aromatic carbocycles. The number of amides is 1. The Kier molecular flexibility index (Phi) is 59.6. The van der Waals surface area contributed by atoms with Gasteiger partial charge in [-0.1, -0.05) is 280 Å². The van der Waals surface area contributed by atoms with Gasteiger partial charge in [0.2, 0.25) is 5.91 Å². The van der Waals surface area contributed by atoms with Crippen LogP contribution < -0.4 is 10.2 Å². The van der Waals surface area contributed by atoms with Crippen molar-refractivity contribution in [3.63, 3.8) is 0 Å². The highest BCUT2D eigenvalue weighted by atomic mass is 31.2. The normalized spacial score (nSPS) is 14.0. The lowest BCUT2D eigenvalue weighted by Gasteiger charge is -2.30. The van der Waals surface area contributed by atoms with E-state index in [-0.39, 0.29) is 24.9 Å². The number of phosphoric ester groups is 1. The van der Waals surface area contributed by atoms with Crippen LogP contribution in [0.3, 0.4) is 0 Å². The van der Waals surface area contributed by atoms with Gasteiger partial charge in [0.25, 0.3) is 7.82 Å². The lowest BCUT2D eigenvalue weighted by atomic mass is 10.0. The number of allylic oxidation sites excluding steroid dienone is 11. The van der Waals surface area contributed by atoms with Gasteiger partial charge in [0.1, 0.15) is 19.3 Å². The first-order chi connectivity index (χ1) is 39.9. The number of nitrogens with one attached hydrogen (secondary N) is 1. The quantitative estimate of drug-likeness (QED) is 0.0212. The molecule has 3 unspecified atom stereocenters. The molecule has 0 heterocycles. The van der Waals surface area contributed by atoms with Crippen molar-refractivity contribution in [3.8, 4) is 0 Å². The monoisotopic (exact) mass is 1170 g/mol. The van der Waals surface area contributed by atoms with Crippen molar-refractivity contribution in [1.82, 2.24) is 5.32 Å². The molecule has 0 aliphatic heterocycles. The van der Waals surface area contributed by atoms with Crippen LogP contribution in [0.5, 0.6) is 0 Å². The maximum Gasteiger partial charge on any atom is 0.306 e. The van der Waals surface area contributed by atoms with E-state index in [0.717, 1.165) is 83.5 Å². The van der Waals surface area contributed by atoms with Gasteiger partial charge in [-0.25, -0.2) is 0 Å². The topological polar surface area (TPSA) is 114 Å². The van der Waals surface area contributed by atoms with Crippen LogP contribution in [0, 0.1) is 0 Å². The zero-order valence-electron chi connectivity index (χ0n) is 54.7. The molecule has 1 amide bonds. The third-order valence-electron chi connectivity index (χ3n) is 15.4. The van der Waals surface area contributed by atoms with Gasteiger partial charge in [0.15, 0.2) is 0 Å². The number of phosphoric acid groups is 1. The second-order valence-electron chi connectivity index (χ2n) is 24.7. The van der Waals surface area contributed by atoms with E-state index in [1.165, 1.54) is 199 Å². The predicted octanol–water partition coefficient (Wildman–Crippen LogP) is 21.3. The average molecular weight is 1170 g/mol. The zero-order chi connectivity index (χ0) is 60.0. The molecule has 0 aromatic rings. The van der Waals surface area contributed by atoms with E-state index >= 15 is 0 Å². The number of carbonyl (C=O) groups excluding carboxylic acids is 2. The fourth-order valence-electron chi connectivity index (χ4n) is 9.97. The first kappa shape index (κ1) is 79.5. The van der Waals surface area contributed by atoms with Gasteiger partial charge in [-0.15, -0.1) is 0 Å². The van der Waals surface area contributed by atoms with E-state index in [4.69, 9.17) is 13.8 Å². The Labute approximate surface area is 508 Å². The van der Waals surface area contributed by atoms with Crippen molar-refractivity contribution < 1.29 is 37.3 Å². The summed E-state index contributed by atoms with van der Waals surface area (Å²) in [4.78, 5) is 40.1. The predicted molar refractivity (Wildman–Crippen MR) is 353 cm³/mol. The minimum atomic E-state index is -4.71. The molecule has 3 atom stereocenters. The summed E-state index contributed by atoms with van der Waals surface area (Å²) >= 11 is 0. The molecular weight excluding hydrogens is 1040 g/mol. The summed E-state index contributed by atoms with van der Waals surface area (Å²) in [6.45, 7) is 6.80. The van der Waals surface area contributed by atoms with Crippen LogP contribution in [0.2, 0.25) is 0 Å². The van der Waals surface area contributed by atoms with Crippen LogP contribution in [0.15, 0.2) is 72.9 Å². The molecule has 0 fully saturated rings. The third kappa shape index (κ3) is 62.0. The molecule has 10 heteroatoms. The molecule has 0 spiro atoms. The zero-order valence-corrected chi connectivity index (χ0v) is 55.6. The summed E-state index contributed by atoms with van der Waals surface area (Å²) in [6.07, 6.45) is 80.2. The molecule has 9 nitrogen and oxygen atoms in total. The van der Waals surface area contributed by atoms with Crippen molar-refractivity contribution in [2.24, 2.45) is 0 Å². The number of esters is 1. The Bertz CT molecular complexity index is 1630. The van der Waals surface area contributed by atoms with Crippen LogP contribution in [0.1, 0.15) is 323 Å². The molecule has 0 saturated heterocycles. The van der Waals surface area contributed by atoms with E-state index in [1.54, 1.807) is 0 Å². The van der Waals surface area contributed by atoms with Gasteiger partial charge >= 0.3 is 5.97 Å². The number of quaternary nitrogens is 1. The lowest BCUT2D eigenvalue weighted by Crippen LogP contribution is -2.47. The van der Waals surface area contributed by atoms with Crippen LogP contribution >= 0.6 is 7.82 Å². The van der Waals surface area contributed by atoms with Crippen LogP contribution in [0.4, 0.5) is 0 Å². The molecule has 0 aliphatic rings.